The molecule has 0 bridgehead atoms. The SMILES string of the molecule is Cc1csc(CCNc2cc(C(=O)O)ccc2[N+](=O)[O-])n1. The van der Waals surface area contributed by atoms with Gasteiger partial charge in [-0.25, -0.2) is 9.78 Å². The van der Waals surface area contributed by atoms with E-state index >= 15 is 0 Å². The molecule has 0 aliphatic carbocycles. The van der Waals surface area contributed by atoms with Crippen LogP contribution in [-0.2, 0) is 6.42 Å². The molecule has 0 saturated carbocycles. The minimum atomic E-state index is -1.12. The Morgan fingerprint density at radius 3 is 2.86 bits per heavy atom. The van der Waals surface area contributed by atoms with Crippen LogP contribution >= 0.6 is 11.3 Å². The molecule has 110 valence electrons. The van der Waals surface area contributed by atoms with Crippen molar-refractivity contribution in [3.63, 3.8) is 0 Å². The number of nitrogens with one attached hydrogen (secondary N) is 1. The largest absolute Gasteiger partial charge is 0.478 e. The fourth-order valence-corrected chi connectivity index (χ4v) is 2.57. The molecule has 0 saturated heterocycles. The summed E-state index contributed by atoms with van der Waals surface area (Å²) in [6.45, 7) is 2.34. The predicted octanol–water partition coefficient (Wildman–Crippen LogP) is 2.71. The number of nitro groups is 1. The van der Waals surface area contributed by atoms with Crippen LogP contribution in [0.4, 0.5) is 11.4 Å². The maximum Gasteiger partial charge on any atom is 0.335 e. The molecule has 2 rings (SSSR count). The lowest BCUT2D eigenvalue weighted by molar-refractivity contribution is -0.384. The summed E-state index contributed by atoms with van der Waals surface area (Å²) in [5.41, 5.74) is 1.01. The van der Waals surface area contributed by atoms with E-state index in [9.17, 15) is 14.9 Å². The van der Waals surface area contributed by atoms with E-state index < -0.39 is 10.9 Å². The van der Waals surface area contributed by atoms with Gasteiger partial charge >= 0.3 is 5.97 Å². The molecule has 0 radical (unpaired) electrons. The second kappa shape index (κ2) is 6.31. The van der Waals surface area contributed by atoms with Gasteiger partial charge in [0, 0.05) is 30.1 Å². The molecule has 1 heterocycles. The van der Waals surface area contributed by atoms with Crippen LogP contribution < -0.4 is 5.32 Å². The molecule has 0 atom stereocenters. The Labute approximate surface area is 124 Å². The number of rotatable bonds is 6. The average molecular weight is 307 g/mol. The van der Waals surface area contributed by atoms with Gasteiger partial charge in [0.25, 0.3) is 5.69 Å². The maximum atomic E-state index is 10.9. The Morgan fingerprint density at radius 2 is 2.29 bits per heavy atom. The number of aryl methyl sites for hydroxylation is 1. The summed E-state index contributed by atoms with van der Waals surface area (Å²) in [4.78, 5) is 25.6. The first-order chi connectivity index (χ1) is 9.97. The van der Waals surface area contributed by atoms with Crippen LogP contribution in [0.2, 0.25) is 0 Å². The smallest absolute Gasteiger partial charge is 0.335 e. The van der Waals surface area contributed by atoms with Crippen molar-refractivity contribution in [2.75, 3.05) is 11.9 Å². The molecule has 0 spiro atoms. The van der Waals surface area contributed by atoms with E-state index in [1.165, 1.54) is 29.5 Å². The number of aromatic carboxylic acids is 1. The number of nitro benzene ring substituents is 1. The molecule has 2 aromatic rings. The van der Waals surface area contributed by atoms with Crippen LogP contribution in [0.15, 0.2) is 23.6 Å². The van der Waals surface area contributed by atoms with Crippen LogP contribution in [0, 0.1) is 17.0 Å². The van der Waals surface area contributed by atoms with Gasteiger partial charge in [-0.1, -0.05) is 0 Å². The zero-order valence-corrected chi connectivity index (χ0v) is 12.0. The average Bonchev–Trinajstić information content (AvgIpc) is 2.84. The molecule has 2 N–H and O–H groups in total. The van der Waals surface area contributed by atoms with E-state index in [2.05, 4.69) is 10.3 Å². The summed E-state index contributed by atoms with van der Waals surface area (Å²) < 4.78 is 0. The third-order valence-corrected chi connectivity index (χ3v) is 3.79. The summed E-state index contributed by atoms with van der Waals surface area (Å²) in [5.74, 6) is -1.12. The number of carboxylic acids is 1. The highest BCUT2D eigenvalue weighted by Gasteiger charge is 2.16. The number of hydrogen-bond donors (Lipinski definition) is 2. The van der Waals surface area contributed by atoms with Gasteiger partial charge in [-0.15, -0.1) is 11.3 Å². The van der Waals surface area contributed by atoms with Crippen molar-refractivity contribution < 1.29 is 14.8 Å². The number of aromatic nitrogens is 1. The number of benzene rings is 1. The molecular formula is C13H13N3O4S. The van der Waals surface area contributed by atoms with Gasteiger partial charge in [0.05, 0.1) is 15.5 Å². The van der Waals surface area contributed by atoms with Crippen LogP contribution in [0.3, 0.4) is 0 Å². The number of hydrogen-bond acceptors (Lipinski definition) is 6. The molecular weight excluding hydrogens is 294 g/mol. The summed E-state index contributed by atoms with van der Waals surface area (Å²) in [6.07, 6.45) is 0.618. The van der Waals surface area contributed by atoms with Crippen molar-refractivity contribution in [2.24, 2.45) is 0 Å². The lowest BCUT2D eigenvalue weighted by atomic mass is 10.1. The van der Waals surface area contributed by atoms with Gasteiger partial charge in [0.2, 0.25) is 0 Å². The lowest BCUT2D eigenvalue weighted by Gasteiger charge is -2.07. The normalized spacial score (nSPS) is 10.3. The van der Waals surface area contributed by atoms with Crippen molar-refractivity contribution in [2.45, 2.75) is 13.3 Å². The van der Waals surface area contributed by atoms with Crippen molar-refractivity contribution in [3.8, 4) is 0 Å². The highest BCUT2D eigenvalue weighted by molar-refractivity contribution is 7.09. The van der Waals surface area contributed by atoms with Crippen molar-refractivity contribution in [3.05, 3.63) is 50.0 Å². The zero-order valence-electron chi connectivity index (χ0n) is 11.2. The summed E-state index contributed by atoms with van der Waals surface area (Å²) in [5, 5.41) is 25.7. The van der Waals surface area contributed by atoms with Crippen molar-refractivity contribution >= 4 is 28.7 Å². The van der Waals surface area contributed by atoms with Crippen LogP contribution in [-0.4, -0.2) is 27.5 Å². The van der Waals surface area contributed by atoms with Gasteiger partial charge in [-0.3, -0.25) is 10.1 Å². The monoisotopic (exact) mass is 307 g/mol. The van der Waals surface area contributed by atoms with Gasteiger partial charge < -0.3 is 10.4 Å². The van der Waals surface area contributed by atoms with Gasteiger partial charge in [-0.05, 0) is 19.1 Å². The number of thiazole rings is 1. The minimum absolute atomic E-state index is 0.00759. The predicted molar refractivity (Wildman–Crippen MR) is 79.1 cm³/mol. The zero-order chi connectivity index (χ0) is 15.4. The van der Waals surface area contributed by atoms with Gasteiger partial charge in [0.15, 0.2) is 0 Å². The fraction of sp³-hybridized carbons (Fsp3) is 0.231. The van der Waals surface area contributed by atoms with Gasteiger partial charge in [-0.2, -0.15) is 0 Å². The third kappa shape index (κ3) is 3.76. The van der Waals surface area contributed by atoms with E-state index in [0.717, 1.165) is 10.7 Å². The third-order valence-electron chi connectivity index (χ3n) is 2.76. The topological polar surface area (TPSA) is 105 Å². The van der Waals surface area contributed by atoms with Gasteiger partial charge in [0.1, 0.15) is 5.69 Å². The Balaban J connectivity index is 2.11. The molecule has 0 fully saturated rings. The Morgan fingerprint density at radius 1 is 1.52 bits per heavy atom. The second-order valence-electron chi connectivity index (χ2n) is 4.35. The van der Waals surface area contributed by atoms with E-state index in [4.69, 9.17) is 5.11 Å². The summed E-state index contributed by atoms with van der Waals surface area (Å²) in [6, 6.07) is 3.68. The van der Waals surface area contributed by atoms with E-state index in [1.807, 2.05) is 12.3 Å². The van der Waals surface area contributed by atoms with Crippen LogP contribution in [0.1, 0.15) is 21.1 Å². The first-order valence-electron chi connectivity index (χ1n) is 6.14. The molecule has 21 heavy (non-hydrogen) atoms. The van der Waals surface area contributed by atoms with Crippen molar-refractivity contribution in [1.82, 2.24) is 4.98 Å². The molecule has 0 aliphatic rings. The number of anilines is 1. The highest BCUT2D eigenvalue weighted by atomic mass is 32.1. The summed E-state index contributed by atoms with van der Waals surface area (Å²) >= 11 is 1.52. The molecule has 0 aliphatic heterocycles. The summed E-state index contributed by atoms with van der Waals surface area (Å²) in [7, 11) is 0. The number of carbonyl (C=O) groups is 1. The number of nitrogens with zero attached hydrogens (tertiary/aromatic N) is 2. The molecule has 8 heteroatoms. The molecule has 7 nitrogen and oxygen atoms in total. The highest BCUT2D eigenvalue weighted by Crippen LogP contribution is 2.25. The Hall–Kier alpha value is -2.48. The van der Waals surface area contributed by atoms with E-state index in [0.29, 0.717) is 13.0 Å². The molecule has 0 unspecified atom stereocenters. The van der Waals surface area contributed by atoms with E-state index in [-0.39, 0.29) is 16.9 Å². The Kier molecular flexibility index (Phi) is 4.49. The fourth-order valence-electron chi connectivity index (χ4n) is 1.79. The molecule has 1 aromatic heterocycles. The van der Waals surface area contributed by atoms with Crippen LogP contribution in [0.25, 0.3) is 0 Å². The molecule has 0 amide bonds. The molecule has 1 aromatic carbocycles. The first kappa shape index (κ1) is 14.9. The quantitative estimate of drug-likeness (QED) is 0.628. The lowest BCUT2D eigenvalue weighted by Crippen LogP contribution is -2.08. The van der Waals surface area contributed by atoms with Crippen molar-refractivity contribution in [1.29, 1.82) is 0 Å². The van der Waals surface area contributed by atoms with E-state index in [1.54, 1.807) is 0 Å². The standard InChI is InChI=1S/C13H13N3O4S/c1-8-7-21-12(15-8)4-5-14-10-6-9(13(17)18)2-3-11(10)16(19)20/h2-3,6-7,14H,4-5H2,1H3,(H,17,18). The number of carboxylic acid groups (broad SMARTS) is 1. The maximum absolute atomic E-state index is 10.9. The first-order valence-corrected chi connectivity index (χ1v) is 7.02. The Bertz CT molecular complexity index is 684. The van der Waals surface area contributed by atoms with Crippen LogP contribution in [0.5, 0.6) is 0 Å². The minimum Gasteiger partial charge on any atom is -0.478 e. The second-order valence-corrected chi connectivity index (χ2v) is 5.30.